The number of nitrogens with zero attached hydrogens (tertiary/aromatic N) is 2. The Labute approximate surface area is 173 Å². The van der Waals surface area contributed by atoms with E-state index in [1.807, 2.05) is 42.9 Å². The average molecular weight is 409 g/mol. The SMILES string of the molecule is CN1CCN(c2cc(-c3c[nH]cc3-c3c[nH]c4ccccc34)c(F)cc2Cl)CC1. The van der Waals surface area contributed by atoms with E-state index in [1.165, 1.54) is 6.07 Å². The van der Waals surface area contributed by atoms with E-state index in [1.54, 1.807) is 0 Å². The second kappa shape index (κ2) is 7.25. The van der Waals surface area contributed by atoms with Gasteiger partial charge in [-0.15, -0.1) is 0 Å². The minimum absolute atomic E-state index is 0.312. The highest BCUT2D eigenvalue weighted by Gasteiger charge is 2.21. The zero-order valence-electron chi connectivity index (χ0n) is 16.2. The van der Waals surface area contributed by atoms with Crippen molar-refractivity contribution in [3.05, 3.63) is 65.8 Å². The Morgan fingerprint density at radius 1 is 0.897 bits per heavy atom. The predicted octanol–water partition coefficient (Wildman–Crippen LogP) is 5.37. The molecule has 3 heterocycles. The van der Waals surface area contributed by atoms with Crippen LogP contribution in [0, 0.1) is 5.82 Å². The van der Waals surface area contributed by atoms with Crippen molar-refractivity contribution in [3.63, 3.8) is 0 Å². The molecule has 0 atom stereocenters. The first-order valence-electron chi connectivity index (χ1n) is 9.78. The number of aromatic amines is 2. The third kappa shape index (κ3) is 3.20. The molecular weight excluding hydrogens is 387 g/mol. The number of piperazine rings is 1. The molecule has 0 radical (unpaired) electrons. The molecule has 2 aromatic carbocycles. The number of likely N-dealkylation sites (N-methyl/N-ethyl adjacent to an activating group) is 1. The van der Waals surface area contributed by atoms with E-state index in [4.69, 9.17) is 11.6 Å². The van der Waals surface area contributed by atoms with Gasteiger partial charge in [0.25, 0.3) is 0 Å². The lowest BCUT2D eigenvalue weighted by Gasteiger charge is -2.34. The van der Waals surface area contributed by atoms with E-state index in [-0.39, 0.29) is 5.82 Å². The smallest absolute Gasteiger partial charge is 0.132 e. The molecule has 6 heteroatoms. The summed E-state index contributed by atoms with van der Waals surface area (Å²) in [5.41, 5.74) is 5.36. The summed E-state index contributed by atoms with van der Waals surface area (Å²) < 4.78 is 15.0. The lowest BCUT2D eigenvalue weighted by Crippen LogP contribution is -2.44. The van der Waals surface area contributed by atoms with Crippen molar-refractivity contribution in [1.82, 2.24) is 14.9 Å². The summed E-state index contributed by atoms with van der Waals surface area (Å²) in [5, 5.41) is 1.57. The Bertz CT molecular complexity index is 1170. The Hall–Kier alpha value is -2.76. The molecule has 0 unspecified atom stereocenters. The number of benzene rings is 2. The maximum Gasteiger partial charge on any atom is 0.132 e. The molecule has 4 nitrogen and oxygen atoms in total. The third-order valence-corrected chi connectivity index (χ3v) is 6.10. The molecular formula is C23H22ClFN4. The lowest BCUT2D eigenvalue weighted by molar-refractivity contribution is 0.313. The van der Waals surface area contributed by atoms with Crippen LogP contribution in [0.2, 0.25) is 5.02 Å². The number of H-pyrrole nitrogens is 2. The highest BCUT2D eigenvalue weighted by Crippen LogP contribution is 2.40. The van der Waals surface area contributed by atoms with Gasteiger partial charge in [-0.3, -0.25) is 0 Å². The topological polar surface area (TPSA) is 38.1 Å². The van der Waals surface area contributed by atoms with Crippen LogP contribution in [0.4, 0.5) is 10.1 Å². The molecule has 0 bridgehead atoms. The first-order chi connectivity index (χ1) is 14.1. The summed E-state index contributed by atoms with van der Waals surface area (Å²) in [4.78, 5) is 11.0. The van der Waals surface area contributed by atoms with Crippen molar-refractivity contribution in [1.29, 1.82) is 0 Å². The fraction of sp³-hybridized carbons (Fsp3) is 0.217. The minimum Gasteiger partial charge on any atom is -0.368 e. The number of rotatable bonds is 3. The van der Waals surface area contributed by atoms with Gasteiger partial charge >= 0.3 is 0 Å². The highest BCUT2D eigenvalue weighted by molar-refractivity contribution is 6.33. The van der Waals surface area contributed by atoms with Crippen molar-refractivity contribution in [3.8, 4) is 22.3 Å². The zero-order valence-corrected chi connectivity index (χ0v) is 16.9. The lowest BCUT2D eigenvalue weighted by atomic mass is 9.97. The van der Waals surface area contributed by atoms with Gasteiger partial charge in [-0.25, -0.2) is 4.39 Å². The summed E-state index contributed by atoms with van der Waals surface area (Å²) in [6.07, 6.45) is 5.76. The predicted molar refractivity (Wildman–Crippen MR) is 118 cm³/mol. The van der Waals surface area contributed by atoms with Gasteiger partial charge in [0.05, 0.1) is 10.7 Å². The van der Waals surface area contributed by atoms with E-state index in [9.17, 15) is 0 Å². The Kier molecular flexibility index (Phi) is 4.57. The molecule has 1 saturated heterocycles. The summed E-state index contributed by atoms with van der Waals surface area (Å²) in [6, 6.07) is 11.5. The molecule has 0 saturated carbocycles. The molecule has 2 aromatic heterocycles. The molecule has 1 aliphatic heterocycles. The maximum atomic E-state index is 15.0. The van der Waals surface area contributed by atoms with Gasteiger partial charge in [0.1, 0.15) is 5.82 Å². The van der Waals surface area contributed by atoms with Crippen LogP contribution in [-0.2, 0) is 0 Å². The van der Waals surface area contributed by atoms with E-state index in [0.29, 0.717) is 10.6 Å². The average Bonchev–Trinajstić information content (AvgIpc) is 3.35. The van der Waals surface area contributed by atoms with Crippen molar-refractivity contribution in [2.24, 2.45) is 0 Å². The largest absolute Gasteiger partial charge is 0.368 e. The van der Waals surface area contributed by atoms with Crippen LogP contribution in [0.5, 0.6) is 0 Å². The fourth-order valence-corrected chi connectivity index (χ4v) is 4.41. The quantitative estimate of drug-likeness (QED) is 0.478. The first kappa shape index (κ1) is 18.3. The van der Waals surface area contributed by atoms with Crippen molar-refractivity contribution in [2.75, 3.05) is 38.1 Å². The summed E-state index contributed by atoms with van der Waals surface area (Å²) in [7, 11) is 2.11. The van der Waals surface area contributed by atoms with Crippen LogP contribution in [-0.4, -0.2) is 48.1 Å². The maximum absolute atomic E-state index is 15.0. The first-order valence-corrected chi connectivity index (χ1v) is 10.2. The summed E-state index contributed by atoms with van der Waals surface area (Å²) >= 11 is 6.44. The molecule has 0 aliphatic carbocycles. The van der Waals surface area contributed by atoms with Crippen LogP contribution in [0.1, 0.15) is 0 Å². The van der Waals surface area contributed by atoms with Crippen LogP contribution in [0.3, 0.4) is 0 Å². The van der Waals surface area contributed by atoms with Crippen LogP contribution < -0.4 is 4.90 Å². The van der Waals surface area contributed by atoms with Gasteiger partial charge in [-0.1, -0.05) is 29.8 Å². The van der Waals surface area contributed by atoms with Crippen molar-refractivity contribution >= 4 is 28.2 Å². The van der Waals surface area contributed by atoms with Gasteiger partial charge in [0.15, 0.2) is 0 Å². The van der Waals surface area contributed by atoms with Gasteiger partial charge in [-0.05, 0) is 25.2 Å². The Morgan fingerprint density at radius 3 is 2.41 bits per heavy atom. The molecule has 4 aromatic rings. The summed E-state index contributed by atoms with van der Waals surface area (Å²) in [6.45, 7) is 3.69. The van der Waals surface area contributed by atoms with E-state index in [2.05, 4.69) is 32.9 Å². The van der Waals surface area contributed by atoms with Crippen LogP contribution in [0.25, 0.3) is 33.2 Å². The molecule has 2 N–H and O–H groups in total. The number of aromatic nitrogens is 2. The number of fused-ring (bicyclic) bond motifs is 1. The van der Waals surface area contributed by atoms with Crippen molar-refractivity contribution < 1.29 is 4.39 Å². The molecule has 148 valence electrons. The Balaban J connectivity index is 1.61. The molecule has 1 aliphatic rings. The minimum atomic E-state index is -0.312. The van der Waals surface area contributed by atoms with Gasteiger partial charge in [-0.2, -0.15) is 0 Å². The molecule has 0 amide bonds. The van der Waals surface area contributed by atoms with Crippen LogP contribution in [0.15, 0.2) is 55.0 Å². The van der Waals surface area contributed by atoms with Crippen LogP contribution >= 0.6 is 11.6 Å². The second-order valence-corrected chi connectivity index (χ2v) is 8.01. The number of hydrogen-bond donors (Lipinski definition) is 2. The standard InChI is InChI=1S/C23H22ClFN4/c1-28-6-8-29(9-7-28)23-10-16(21(25)11-20(23)24)17-12-26-13-18(17)19-14-27-22-5-3-2-4-15(19)22/h2-5,10-14,26-27H,6-9H2,1H3. The number of para-hydroxylation sites is 1. The number of nitrogens with one attached hydrogen (secondary N) is 2. The van der Waals surface area contributed by atoms with Crippen molar-refractivity contribution in [2.45, 2.75) is 0 Å². The van der Waals surface area contributed by atoms with E-state index >= 15 is 4.39 Å². The number of hydrogen-bond acceptors (Lipinski definition) is 2. The molecule has 0 spiro atoms. The number of anilines is 1. The fourth-order valence-electron chi connectivity index (χ4n) is 4.14. The normalized spacial score (nSPS) is 15.3. The van der Waals surface area contributed by atoms with E-state index in [0.717, 1.165) is 59.5 Å². The molecule has 5 rings (SSSR count). The van der Waals surface area contributed by atoms with Gasteiger partial charge in [0.2, 0.25) is 0 Å². The number of halogens is 2. The molecule has 29 heavy (non-hydrogen) atoms. The summed E-state index contributed by atoms with van der Waals surface area (Å²) in [5.74, 6) is -0.312. The second-order valence-electron chi connectivity index (χ2n) is 7.60. The zero-order chi connectivity index (χ0) is 20.0. The van der Waals surface area contributed by atoms with E-state index < -0.39 is 0 Å². The monoisotopic (exact) mass is 408 g/mol. The van der Waals surface area contributed by atoms with Gasteiger partial charge in [0, 0.05) is 77.9 Å². The highest BCUT2D eigenvalue weighted by atomic mass is 35.5. The third-order valence-electron chi connectivity index (χ3n) is 5.80. The Morgan fingerprint density at radius 2 is 1.62 bits per heavy atom. The van der Waals surface area contributed by atoms with Gasteiger partial charge < -0.3 is 19.8 Å². The molecule has 1 fully saturated rings.